The number of ether oxygens (including phenoxy) is 1. The van der Waals surface area contributed by atoms with Crippen LogP contribution >= 0.6 is 12.6 Å². The second kappa shape index (κ2) is 5.21. The maximum Gasteiger partial charge on any atom is 0.130 e. The van der Waals surface area contributed by atoms with Crippen molar-refractivity contribution in [1.82, 2.24) is 0 Å². The first-order chi connectivity index (χ1) is 7.08. The highest BCUT2D eigenvalue weighted by Gasteiger charge is 2.21. The summed E-state index contributed by atoms with van der Waals surface area (Å²) in [7, 11) is 1.59. The van der Waals surface area contributed by atoms with Gasteiger partial charge < -0.3 is 9.53 Å². The van der Waals surface area contributed by atoms with Crippen molar-refractivity contribution in [3.05, 3.63) is 34.0 Å². The van der Waals surface area contributed by atoms with E-state index in [-0.39, 0.29) is 5.92 Å². The molecule has 0 spiro atoms. The summed E-state index contributed by atoms with van der Waals surface area (Å²) in [5, 5.41) is 0. The van der Waals surface area contributed by atoms with E-state index in [4.69, 9.17) is 4.74 Å². The zero-order valence-corrected chi connectivity index (χ0v) is 10.2. The Morgan fingerprint density at radius 1 is 1.60 bits per heavy atom. The van der Waals surface area contributed by atoms with Crippen LogP contribution in [0.15, 0.2) is 34.0 Å². The minimum atomic E-state index is -0.184. The molecule has 0 aromatic heterocycles. The second-order valence-electron chi connectivity index (χ2n) is 3.82. The maximum absolute atomic E-state index is 10.8. The van der Waals surface area contributed by atoms with Crippen LogP contribution in [0.3, 0.4) is 0 Å². The molecule has 0 bridgehead atoms. The van der Waals surface area contributed by atoms with Crippen molar-refractivity contribution in [3.63, 3.8) is 0 Å². The Labute approximate surface area is 96.1 Å². The fraction of sp³-hybridized carbons (Fsp3) is 0.417. The average Bonchev–Trinajstić information content (AvgIpc) is 2.19. The van der Waals surface area contributed by atoms with E-state index in [1.165, 1.54) is 5.57 Å². The van der Waals surface area contributed by atoms with Gasteiger partial charge >= 0.3 is 0 Å². The van der Waals surface area contributed by atoms with Crippen LogP contribution in [0.25, 0.3) is 0 Å². The Morgan fingerprint density at radius 2 is 2.27 bits per heavy atom. The summed E-state index contributed by atoms with van der Waals surface area (Å²) in [5.41, 5.74) is 2.24. The van der Waals surface area contributed by atoms with Gasteiger partial charge in [0.05, 0.1) is 13.0 Å². The molecule has 1 unspecified atom stereocenters. The fourth-order valence-electron chi connectivity index (χ4n) is 1.53. The van der Waals surface area contributed by atoms with Crippen LogP contribution in [0, 0.1) is 5.92 Å². The quantitative estimate of drug-likeness (QED) is 0.589. The lowest BCUT2D eigenvalue weighted by atomic mass is 9.94. The number of allylic oxidation sites excluding steroid dienone is 6. The van der Waals surface area contributed by atoms with E-state index in [1.54, 1.807) is 7.11 Å². The predicted molar refractivity (Wildman–Crippen MR) is 64.7 cm³/mol. The number of methoxy groups -OCH3 is 1. The van der Waals surface area contributed by atoms with E-state index >= 15 is 0 Å². The van der Waals surface area contributed by atoms with Crippen molar-refractivity contribution >= 4 is 18.9 Å². The summed E-state index contributed by atoms with van der Waals surface area (Å²) in [5.74, 6) is 0.534. The topological polar surface area (TPSA) is 26.3 Å². The molecular weight excluding hydrogens is 208 g/mol. The van der Waals surface area contributed by atoms with Gasteiger partial charge in [0.15, 0.2) is 0 Å². The first-order valence-corrected chi connectivity index (χ1v) is 5.31. The Kier molecular flexibility index (Phi) is 4.21. The van der Waals surface area contributed by atoms with Crippen molar-refractivity contribution in [3.8, 4) is 0 Å². The number of aldehydes is 1. The third kappa shape index (κ3) is 2.99. The van der Waals surface area contributed by atoms with Crippen molar-refractivity contribution in [2.45, 2.75) is 20.3 Å². The molecule has 1 aliphatic carbocycles. The van der Waals surface area contributed by atoms with E-state index < -0.39 is 0 Å². The molecule has 1 rings (SSSR count). The van der Waals surface area contributed by atoms with E-state index in [1.807, 2.05) is 26.0 Å². The lowest BCUT2D eigenvalue weighted by Gasteiger charge is -2.20. The zero-order valence-electron chi connectivity index (χ0n) is 9.28. The van der Waals surface area contributed by atoms with Crippen LogP contribution in [-0.4, -0.2) is 13.4 Å². The molecule has 0 saturated heterocycles. The Morgan fingerprint density at radius 3 is 2.73 bits per heavy atom. The normalized spacial score (nSPS) is 20.8. The maximum atomic E-state index is 10.8. The van der Waals surface area contributed by atoms with E-state index in [0.717, 1.165) is 22.5 Å². The van der Waals surface area contributed by atoms with Gasteiger partial charge in [-0.1, -0.05) is 11.6 Å². The Balaban J connectivity index is 3.05. The summed E-state index contributed by atoms with van der Waals surface area (Å²) in [4.78, 5) is 11.7. The average molecular weight is 224 g/mol. The lowest BCUT2D eigenvalue weighted by Crippen LogP contribution is -2.12. The summed E-state index contributed by atoms with van der Waals surface area (Å²) >= 11 is 4.40. The van der Waals surface area contributed by atoms with Gasteiger partial charge in [0.2, 0.25) is 0 Å². The van der Waals surface area contributed by atoms with E-state index in [2.05, 4.69) is 12.6 Å². The number of hydrogen-bond acceptors (Lipinski definition) is 3. The number of rotatable bonds is 3. The van der Waals surface area contributed by atoms with Gasteiger partial charge in [0, 0.05) is 0 Å². The molecule has 0 aromatic rings. The molecule has 0 saturated carbocycles. The van der Waals surface area contributed by atoms with E-state index in [9.17, 15) is 4.79 Å². The van der Waals surface area contributed by atoms with Crippen molar-refractivity contribution in [2.24, 2.45) is 5.92 Å². The second-order valence-corrected chi connectivity index (χ2v) is 4.36. The summed E-state index contributed by atoms with van der Waals surface area (Å²) in [6.45, 7) is 4.06. The van der Waals surface area contributed by atoms with Gasteiger partial charge in [0.25, 0.3) is 0 Å². The zero-order chi connectivity index (χ0) is 11.4. The summed E-state index contributed by atoms with van der Waals surface area (Å²) in [6, 6.07) is 0. The molecule has 1 aliphatic rings. The highest BCUT2D eigenvalue weighted by atomic mass is 32.1. The van der Waals surface area contributed by atoms with Crippen molar-refractivity contribution < 1.29 is 9.53 Å². The smallest absolute Gasteiger partial charge is 0.130 e. The van der Waals surface area contributed by atoms with Gasteiger partial charge in [0.1, 0.15) is 12.0 Å². The number of carbonyl (C=O) groups is 1. The molecular formula is C12H16O2S. The van der Waals surface area contributed by atoms with Crippen molar-refractivity contribution in [1.29, 1.82) is 0 Å². The molecule has 3 heteroatoms. The minimum Gasteiger partial charge on any atom is -0.500 e. The first kappa shape index (κ1) is 12.1. The van der Waals surface area contributed by atoms with E-state index in [0.29, 0.717) is 6.42 Å². The predicted octanol–water partition coefficient (Wildman–Crippen LogP) is 2.89. The fourth-order valence-corrected chi connectivity index (χ4v) is 1.86. The molecule has 0 heterocycles. The number of thiol groups is 1. The van der Waals surface area contributed by atoms with Crippen LogP contribution in [0.4, 0.5) is 0 Å². The highest BCUT2D eigenvalue weighted by Crippen LogP contribution is 2.31. The summed E-state index contributed by atoms with van der Waals surface area (Å²) in [6.07, 6.45) is 5.47. The Hall–Kier alpha value is -0.960. The molecule has 15 heavy (non-hydrogen) atoms. The van der Waals surface area contributed by atoms with Crippen LogP contribution in [0.2, 0.25) is 0 Å². The molecule has 0 radical (unpaired) electrons. The molecule has 0 aromatic carbocycles. The van der Waals surface area contributed by atoms with Crippen LogP contribution in [-0.2, 0) is 9.53 Å². The molecule has 1 atom stereocenters. The third-order valence-corrected chi connectivity index (χ3v) is 2.69. The van der Waals surface area contributed by atoms with Gasteiger partial charge in [-0.25, -0.2) is 0 Å². The van der Waals surface area contributed by atoms with Crippen LogP contribution < -0.4 is 0 Å². The highest BCUT2D eigenvalue weighted by molar-refractivity contribution is 7.84. The largest absolute Gasteiger partial charge is 0.500 e. The molecule has 2 nitrogen and oxygen atoms in total. The Bertz CT molecular complexity index is 347. The molecule has 0 aliphatic heterocycles. The molecule has 0 amide bonds. The number of hydrogen-bond donors (Lipinski definition) is 1. The monoisotopic (exact) mass is 224 g/mol. The van der Waals surface area contributed by atoms with Crippen LogP contribution in [0.1, 0.15) is 20.3 Å². The third-order valence-electron chi connectivity index (χ3n) is 2.25. The van der Waals surface area contributed by atoms with Crippen molar-refractivity contribution in [2.75, 3.05) is 7.11 Å². The van der Waals surface area contributed by atoms with Gasteiger partial charge in [-0.15, -0.1) is 12.6 Å². The number of carbonyl (C=O) groups excluding carboxylic acids is 1. The minimum absolute atomic E-state index is 0.184. The van der Waals surface area contributed by atoms with Gasteiger partial charge in [-0.2, -0.15) is 0 Å². The molecule has 82 valence electrons. The standard InChI is InChI=1S/C12H16O2S/c1-8(2)4-9-5-11(14-3)10(7-13)6-12(9)15/h4-5,7,10,15H,6H2,1-3H3. The van der Waals surface area contributed by atoms with Crippen LogP contribution in [0.5, 0.6) is 0 Å². The van der Waals surface area contributed by atoms with Gasteiger partial charge in [-0.05, 0) is 36.8 Å². The first-order valence-electron chi connectivity index (χ1n) is 4.86. The molecule has 0 fully saturated rings. The summed E-state index contributed by atoms with van der Waals surface area (Å²) < 4.78 is 5.19. The lowest BCUT2D eigenvalue weighted by molar-refractivity contribution is -0.111. The molecule has 0 N–H and O–H groups in total. The SMILES string of the molecule is COC1=CC(C=C(C)C)=C(S)CC1C=O. The van der Waals surface area contributed by atoms with Gasteiger partial charge in [-0.3, -0.25) is 0 Å².